The van der Waals surface area contributed by atoms with E-state index in [1.807, 2.05) is 92.8 Å². The number of phenolic OH excluding ortho intramolecular Hbond substituents is 1. The van der Waals surface area contributed by atoms with Crippen molar-refractivity contribution in [2.75, 3.05) is 0 Å². The number of aryl methyl sites for hydroxylation is 2. The number of hydrogen-bond acceptors (Lipinski definition) is 4. The topological polar surface area (TPSA) is 55.2 Å². The fraction of sp³-hybridized carbons (Fsp3) is 0.0625. The van der Waals surface area contributed by atoms with Crippen LogP contribution in [0.2, 0.25) is 5.02 Å². The molecular formula is C32H25Br2ClN2O2. The Morgan fingerprint density at radius 3 is 1.72 bits per heavy atom. The van der Waals surface area contributed by atoms with Gasteiger partial charge >= 0.3 is 0 Å². The lowest BCUT2D eigenvalue weighted by Gasteiger charge is -2.12. The first-order valence-electron chi connectivity index (χ1n) is 12.0. The SMILES string of the molecule is Cc1cnc2c(Br)cccc2c1Cl.Cc1cnc2c(Br)cccc2c1Oc1ccccc1.Oc1ccccc1. The molecule has 4 nitrogen and oxygen atoms in total. The summed E-state index contributed by atoms with van der Waals surface area (Å²) in [5.74, 6) is 2.01. The second-order valence-electron chi connectivity index (χ2n) is 8.55. The minimum Gasteiger partial charge on any atom is -0.508 e. The number of benzene rings is 4. The quantitative estimate of drug-likeness (QED) is 0.200. The van der Waals surface area contributed by atoms with Crippen LogP contribution in [0.5, 0.6) is 17.2 Å². The highest BCUT2D eigenvalue weighted by Crippen LogP contribution is 2.34. The van der Waals surface area contributed by atoms with Crippen molar-refractivity contribution < 1.29 is 9.84 Å². The molecular weight excluding hydrogens is 640 g/mol. The molecule has 1 N–H and O–H groups in total. The molecule has 196 valence electrons. The van der Waals surface area contributed by atoms with Crippen molar-refractivity contribution in [1.82, 2.24) is 9.97 Å². The number of aromatic hydroxyl groups is 1. The molecule has 0 radical (unpaired) electrons. The molecule has 0 bridgehead atoms. The molecule has 0 unspecified atom stereocenters. The number of halogens is 3. The summed E-state index contributed by atoms with van der Waals surface area (Å²) in [5, 5.41) is 11.4. The van der Waals surface area contributed by atoms with Crippen LogP contribution in [-0.2, 0) is 0 Å². The van der Waals surface area contributed by atoms with Gasteiger partial charge in [-0.05, 0) is 93.7 Å². The van der Waals surface area contributed by atoms with Crippen molar-refractivity contribution in [2.45, 2.75) is 13.8 Å². The summed E-state index contributed by atoms with van der Waals surface area (Å²) in [4.78, 5) is 8.77. The smallest absolute Gasteiger partial charge is 0.141 e. The molecule has 6 rings (SSSR count). The summed E-state index contributed by atoms with van der Waals surface area (Å²) in [6, 6.07) is 30.4. The first-order chi connectivity index (χ1) is 18.8. The number of hydrogen-bond donors (Lipinski definition) is 1. The highest BCUT2D eigenvalue weighted by atomic mass is 79.9. The van der Waals surface area contributed by atoms with Crippen LogP contribution < -0.4 is 4.74 Å². The third kappa shape index (κ3) is 7.35. The molecule has 7 heteroatoms. The van der Waals surface area contributed by atoms with Gasteiger partial charge in [0.1, 0.15) is 17.2 Å². The van der Waals surface area contributed by atoms with Crippen LogP contribution in [0.4, 0.5) is 0 Å². The molecule has 0 spiro atoms. The Balaban J connectivity index is 0.000000152. The minimum absolute atomic E-state index is 0.322. The summed E-state index contributed by atoms with van der Waals surface area (Å²) in [6.07, 6.45) is 3.63. The van der Waals surface area contributed by atoms with E-state index < -0.39 is 0 Å². The number of nitrogens with zero attached hydrogens (tertiary/aromatic N) is 2. The van der Waals surface area contributed by atoms with Gasteiger partial charge in [0.2, 0.25) is 0 Å². The van der Waals surface area contributed by atoms with E-state index in [9.17, 15) is 0 Å². The van der Waals surface area contributed by atoms with Crippen LogP contribution in [0, 0.1) is 13.8 Å². The van der Waals surface area contributed by atoms with Crippen molar-refractivity contribution in [3.63, 3.8) is 0 Å². The molecule has 0 aliphatic carbocycles. The zero-order valence-corrected chi connectivity index (χ0v) is 25.2. The van der Waals surface area contributed by atoms with Crippen molar-refractivity contribution in [2.24, 2.45) is 0 Å². The van der Waals surface area contributed by atoms with E-state index in [0.717, 1.165) is 58.4 Å². The summed E-state index contributed by atoms with van der Waals surface area (Å²) in [7, 11) is 0. The van der Waals surface area contributed by atoms with Crippen molar-refractivity contribution in [3.05, 3.63) is 135 Å². The Bertz CT molecular complexity index is 1700. The molecule has 39 heavy (non-hydrogen) atoms. The average molecular weight is 665 g/mol. The van der Waals surface area contributed by atoms with Crippen LogP contribution in [0.15, 0.2) is 118 Å². The van der Waals surface area contributed by atoms with Crippen molar-refractivity contribution >= 4 is 65.3 Å². The maximum Gasteiger partial charge on any atom is 0.141 e. The van der Waals surface area contributed by atoms with E-state index in [4.69, 9.17) is 21.4 Å². The third-order valence-electron chi connectivity index (χ3n) is 5.65. The molecule has 4 aromatic carbocycles. The highest BCUT2D eigenvalue weighted by Gasteiger charge is 2.10. The second kappa shape index (κ2) is 13.6. The lowest BCUT2D eigenvalue weighted by atomic mass is 10.1. The van der Waals surface area contributed by atoms with E-state index in [-0.39, 0.29) is 0 Å². The van der Waals surface area contributed by atoms with Gasteiger partial charge in [-0.15, -0.1) is 0 Å². The standard InChI is InChI=1S/C16H12BrNO.C10H7BrClN.C6H6O/c1-11-10-18-15-13(8-5-9-14(15)17)16(11)19-12-6-3-2-4-7-12;1-6-5-13-10-7(9(6)12)3-2-4-8(10)11;7-6-4-2-1-3-5-6/h2-10H,1H3;2-5H,1H3;1-5,7H. The van der Waals surface area contributed by atoms with Gasteiger partial charge < -0.3 is 9.84 Å². The Morgan fingerprint density at radius 2 is 1.15 bits per heavy atom. The number of para-hydroxylation sites is 4. The number of fused-ring (bicyclic) bond motifs is 2. The predicted octanol–water partition coefficient (Wildman–Crippen LogP) is 10.4. The second-order valence-corrected chi connectivity index (χ2v) is 10.6. The lowest BCUT2D eigenvalue weighted by Crippen LogP contribution is -1.91. The van der Waals surface area contributed by atoms with Crippen LogP contribution in [0.25, 0.3) is 21.8 Å². The number of rotatable bonds is 2. The zero-order valence-electron chi connectivity index (χ0n) is 21.3. The third-order valence-corrected chi connectivity index (χ3v) is 7.43. The van der Waals surface area contributed by atoms with Crippen LogP contribution in [0.1, 0.15) is 11.1 Å². The number of phenols is 1. The van der Waals surface area contributed by atoms with Crippen LogP contribution in [0.3, 0.4) is 0 Å². The molecule has 0 saturated heterocycles. The fourth-order valence-electron chi connectivity index (χ4n) is 3.69. The van der Waals surface area contributed by atoms with Crippen LogP contribution in [-0.4, -0.2) is 15.1 Å². The Labute approximate surface area is 249 Å². The fourth-order valence-corrected chi connectivity index (χ4v) is 4.82. The van der Waals surface area contributed by atoms with Gasteiger partial charge in [-0.1, -0.05) is 66.2 Å². The van der Waals surface area contributed by atoms with Gasteiger partial charge in [0.05, 0.1) is 16.1 Å². The lowest BCUT2D eigenvalue weighted by molar-refractivity contribution is 0.475. The number of ether oxygens (including phenoxy) is 1. The molecule has 0 fully saturated rings. The van der Waals surface area contributed by atoms with Gasteiger partial charge in [-0.25, -0.2) is 0 Å². The van der Waals surface area contributed by atoms with E-state index in [0.29, 0.717) is 5.75 Å². The number of pyridine rings is 2. The molecule has 2 aromatic heterocycles. The van der Waals surface area contributed by atoms with E-state index in [1.54, 1.807) is 30.5 Å². The summed E-state index contributed by atoms with van der Waals surface area (Å²) in [5.41, 5.74) is 3.86. The first kappa shape index (κ1) is 28.6. The molecule has 0 aliphatic rings. The molecule has 0 aliphatic heterocycles. The van der Waals surface area contributed by atoms with Gasteiger partial charge in [-0.2, -0.15) is 0 Å². The van der Waals surface area contributed by atoms with Gasteiger partial charge in [0.25, 0.3) is 0 Å². The Hall–Kier alpha value is -3.45. The number of aromatic nitrogens is 2. The Morgan fingerprint density at radius 1 is 0.641 bits per heavy atom. The molecule has 0 saturated carbocycles. The highest BCUT2D eigenvalue weighted by molar-refractivity contribution is 9.11. The first-order valence-corrected chi connectivity index (χ1v) is 14.0. The average Bonchev–Trinajstić information content (AvgIpc) is 2.95. The van der Waals surface area contributed by atoms with Crippen LogP contribution >= 0.6 is 43.5 Å². The molecule has 2 heterocycles. The zero-order chi connectivity index (χ0) is 27.8. The molecule has 6 aromatic rings. The normalized spacial score (nSPS) is 10.3. The maximum absolute atomic E-state index is 8.63. The van der Waals surface area contributed by atoms with E-state index >= 15 is 0 Å². The van der Waals surface area contributed by atoms with Crippen molar-refractivity contribution in [1.29, 1.82) is 0 Å². The maximum atomic E-state index is 8.63. The summed E-state index contributed by atoms with van der Waals surface area (Å²) in [6.45, 7) is 3.96. The Kier molecular flexibility index (Phi) is 9.93. The predicted molar refractivity (Wildman–Crippen MR) is 168 cm³/mol. The summed E-state index contributed by atoms with van der Waals surface area (Å²) >= 11 is 13.1. The molecule has 0 amide bonds. The monoisotopic (exact) mass is 662 g/mol. The van der Waals surface area contributed by atoms with E-state index in [1.165, 1.54) is 0 Å². The van der Waals surface area contributed by atoms with Gasteiger partial charge in [0.15, 0.2) is 0 Å². The minimum atomic E-state index is 0.322. The largest absolute Gasteiger partial charge is 0.508 e. The molecule has 0 atom stereocenters. The van der Waals surface area contributed by atoms with Crippen molar-refractivity contribution in [3.8, 4) is 17.2 Å². The van der Waals surface area contributed by atoms with Gasteiger partial charge in [0, 0.05) is 37.7 Å². The summed E-state index contributed by atoms with van der Waals surface area (Å²) < 4.78 is 7.97. The van der Waals surface area contributed by atoms with E-state index in [2.05, 4.69) is 41.8 Å². The van der Waals surface area contributed by atoms with Gasteiger partial charge in [-0.3, -0.25) is 9.97 Å².